The maximum atomic E-state index is 13.4. The van der Waals surface area contributed by atoms with E-state index in [4.69, 9.17) is 0 Å². The molecule has 0 amide bonds. The van der Waals surface area contributed by atoms with Crippen LogP contribution in [0, 0.1) is 12.7 Å². The second kappa shape index (κ2) is 4.13. The molecule has 0 saturated carbocycles. The lowest BCUT2D eigenvalue weighted by molar-refractivity contribution is 0.628. The molecule has 0 spiro atoms. The van der Waals surface area contributed by atoms with E-state index in [-0.39, 0.29) is 5.82 Å². The van der Waals surface area contributed by atoms with E-state index in [1.807, 2.05) is 13.0 Å². The number of benzene rings is 1. The number of anilines is 1. The highest BCUT2D eigenvalue weighted by molar-refractivity contribution is 5.51. The monoisotopic (exact) mass is 205 g/mol. The molecule has 1 aromatic carbocycles. The van der Waals surface area contributed by atoms with Gasteiger partial charge in [0.05, 0.1) is 12.2 Å². The van der Waals surface area contributed by atoms with Gasteiger partial charge in [-0.3, -0.25) is 0 Å². The molecule has 4 heteroatoms. The number of halogens is 1. The zero-order valence-electron chi connectivity index (χ0n) is 8.42. The number of aromatic amines is 1. The first-order chi connectivity index (χ1) is 7.27. The Morgan fingerprint density at radius 3 is 3.00 bits per heavy atom. The van der Waals surface area contributed by atoms with Crippen LogP contribution in [-0.2, 0) is 6.54 Å². The van der Waals surface area contributed by atoms with Crippen LogP contribution in [-0.4, -0.2) is 9.97 Å². The van der Waals surface area contributed by atoms with Crippen molar-refractivity contribution in [3.8, 4) is 0 Å². The lowest BCUT2D eigenvalue weighted by Gasteiger charge is -2.08. The van der Waals surface area contributed by atoms with Crippen molar-refractivity contribution in [2.24, 2.45) is 0 Å². The molecule has 2 N–H and O–H groups in total. The Kier molecular flexibility index (Phi) is 2.67. The number of hydrogen-bond acceptors (Lipinski definition) is 2. The number of nitrogens with one attached hydrogen (secondary N) is 2. The summed E-state index contributed by atoms with van der Waals surface area (Å²) < 4.78 is 13.4. The highest BCUT2D eigenvalue weighted by Crippen LogP contribution is 2.18. The van der Waals surface area contributed by atoms with Crippen LogP contribution in [0.1, 0.15) is 11.4 Å². The molecule has 2 rings (SSSR count). The van der Waals surface area contributed by atoms with Gasteiger partial charge in [0.1, 0.15) is 11.6 Å². The van der Waals surface area contributed by atoms with E-state index < -0.39 is 0 Å². The van der Waals surface area contributed by atoms with Crippen molar-refractivity contribution in [3.63, 3.8) is 0 Å². The van der Waals surface area contributed by atoms with Crippen molar-refractivity contribution >= 4 is 5.69 Å². The molecular weight excluding hydrogens is 193 g/mol. The Balaban J connectivity index is 2.11. The second-order valence-electron chi connectivity index (χ2n) is 3.32. The molecule has 1 aromatic heterocycles. The topological polar surface area (TPSA) is 40.7 Å². The Labute approximate surface area is 87.4 Å². The van der Waals surface area contributed by atoms with Gasteiger partial charge in [0, 0.05) is 12.4 Å². The van der Waals surface area contributed by atoms with E-state index in [9.17, 15) is 4.39 Å². The van der Waals surface area contributed by atoms with E-state index in [0.717, 1.165) is 11.4 Å². The SMILES string of the molecule is Cc1cccc(F)c1NCc1ncc[nH]1. The molecule has 15 heavy (non-hydrogen) atoms. The predicted molar refractivity (Wildman–Crippen MR) is 57.1 cm³/mol. The smallest absolute Gasteiger partial charge is 0.146 e. The largest absolute Gasteiger partial charge is 0.375 e. The average Bonchev–Trinajstić information content (AvgIpc) is 2.70. The molecule has 3 nitrogen and oxygen atoms in total. The molecule has 0 unspecified atom stereocenters. The summed E-state index contributed by atoms with van der Waals surface area (Å²) in [6.45, 7) is 2.36. The number of rotatable bonds is 3. The Morgan fingerprint density at radius 2 is 2.33 bits per heavy atom. The molecule has 2 aromatic rings. The number of H-pyrrole nitrogens is 1. The van der Waals surface area contributed by atoms with E-state index in [0.29, 0.717) is 12.2 Å². The van der Waals surface area contributed by atoms with Crippen LogP contribution in [0.25, 0.3) is 0 Å². The molecule has 0 bridgehead atoms. The van der Waals surface area contributed by atoms with Gasteiger partial charge >= 0.3 is 0 Å². The Bertz CT molecular complexity index is 417. The van der Waals surface area contributed by atoms with Gasteiger partial charge < -0.3 is 10.3 Å². The quantitative estimate of drug-likeness (QED) is 0.808. The first-order valence-corrected chi connectivity index (χ1v) is 4.74. The number of nitrogens with zero attached hydrogens (tertiary/aromatic N) is 1. The van der Waals surface area contributed by atoms with Gasteiger partial charge in [-0.25, -0.2) is 9.37 Å². The molecule has 78 valence electrons. The molecule has 0 radical (unpaired) electrons. The zero-order chi connectivity index (χ0) is 10.7. The van der Waals surface area contributed by atoms with Crippen LogP contribution in [0.4, 0.5) is 10.1 Å². The van der Waals surface area contributed by atoms with E-state index in [1.165, 1.54) is 6.07 Å². The van der Waals surface area contributed by atoms with Crippen LogP contribution in [0.3, 0.4) is 0 Å². The highest BCUT2D eigenvalue weighted by Gasteiger charge is 2.04. The standard InChI is InChI=1S/C11H12FN3/c1-8-3-2-4-9(12)11(8)15-7-10-13-5-6-14-10/h2-6,15H,7H2,1H3,(H,13,14). The van der Waals surface area contributed by atoms with E-state index in [2.05, 4.69) is 15.3 Å². The molecule has 0 aliphatic rings. The van der Waals surface area contributed by atoms with Gasteiger partial charge in [0.25, 0.3) is 0 Å². The van der Waals surface area contributed by atoms with Gasteiger partial charge in [-0.1, -0.05) is 12.1 Å². The van der Waals surface area contributed by atoms with Crippen molar-refractivity contribution in [2.75, 3.05) is 5.32 Å². The summed E-state index contributed by atoms with van der Waals surface area (Å²) in [5, 5.41) is 3.01. The maximum Gasteiger partial charge on any atom is 0.146 e. The number of imidazole rings is 1. The molecule has 0 atom stereocenters. The Hall–Kier alpha value is -1.84. The minimum atomic E-state index is -0.235. The molecular formula is C11H12FN3. The van der Waals surface area contributed by atoms with Gasteiger partial charge in [-0.05, 0) is 18.6 Å². The highest BCUT2D eigenvalue weighted by atomic mass is 19.1. The van der Waals surface area contributed by atoms with E-state index >= 15 is 0 Å². The second-order valence-corrected chi connectivity index (χ2v) is 3.32. The lowest BCUT2D eigenvalue weighted by Crippen LogP contribution is -2.04. The molecule has 0 aliphatic carbocycles. The fraction of sp³-hybridized carbons (Fsp3) is 0.182. The van der Waals surface area contributed by atoms with Gasteiger partial charge in [-0.15, -0.1) is 0 Å². The van der Waals surface area contributed by atoms with Crippen LogP contribution in [0.15, 0.2) is 30.6 Å². The van der Waals surface area contributed by atoms with Crippen LogP contribution in [0.2, 0.25) is 0 Å². The fourth-order valence-corrected chi connectivity index (χ4v) is 1.42. The number of aryl methyl sites for hydroxylation is 1. The van der Waals surface area contributed by atoms with Gasteiger partial charge in [0.2, 0.25) is 0 Å². The van der Waals surface area contributed by atoms with Gasteiger partial charge in [-0.2, -0.15) is 0 Å². The molecule has 0 aliphatic heterocycles. The minimum Gasteiger partial charge on any atom is -0.375 e. The van der Waals surface area contributed by atoms with Crippen molar-refractivity contribution < 1.29 is 4.39 Å². The molecule has 0 saturated heterocycles. The first kappa shape index (κ1) is 9.71. The third kappa shape index (κ3) is 2.15. The third-order valence-corrected chi connectivity index (χ3v) is 2.21. The summed E-state index contributed by atoms with van der Waals surface area (Å²) in [5.41, 5.74) is 1.43. The summed E-state index contributed by atoms with van der Waals surface area (Å²) in [6, 6.07) is 5.01. The summed E-state index contributed by atoms with van der Waals surface area (Å²) in [6.07, 6.45) is 3.41. The maximum absolute atomic E-state index is 13.4. The Morgan fingerprint density at radius 1 is 1.47 bits per heavy atom. The summed E-state index contributed by atoms with van der Waals surface area (Å²) in [4.78, 5) is 7.00. The number of hydrogen-bond donors (Lipinski definition) is 2. The number of para-hydroxylation sites is 1. The summed E-state index contributed by atoms with van der Waals surface area (Å²) in [7, 11) is 0. The van der Waals surface area contributed by atoms with Crippen molar-refractivity contribution in [1.29, 1.82) is 0 Å². The molecule has 1 heterocycles. The minimum absolute atomic E-state index is 0.235. The summed E-state index contributed by atoms with van der Waals surface area (Å²) >= 11 is 0. The van der Waals surface area contributed by atoms with Crippen molar-refractivity contribution in [2.45, 2.75) is 13.5 Å². The average molecular weight is 205 g/mol. The number of aromatic nitrogens is 2. The van der Waals surface area contributed by atoms with E-state index in [1.54, 1.807) is 18.5 Å². The summed E-state index contributed by atoms with van der Waals surface area (Å²) in [5.74, 6) is 0.555. The molecule has 0 fully saturated rings. The van der Waals surface area contributed by atoms with Crippen molar-refractivity contribution in [1.82, 2.24) is 9.97 Å². The van der Waals surface area contributed by atoms with Crippen LogP contribution in [0.5, 0.6) is 0 Å². The van der Waals surface area contributed by atoms with Gasteiger partial charge in [0.15, 0.2) is 0 Å². The fourth-order valence-electron chi connectivity index (χ4n) is 1.42. The zero-order valence-corrected chi connectivity index (χ0v) is 8.42. The lowest BCUT2D eigenvalue weighted by atomic mass is 10.2. The first-order valence-electron chi connectivity index (χ1n) is 4.74. The van der Waals surface area contributed by atoms with Crippen LogP contribution >= 0.6 is 0 Å². The van der Waals surface area contributed by atoms with Crippen molar-refractivity contribution in [3.05, 3.63) is 47.8 Å². The predicted octanol–water partition coefficient (Wildman–Crippen LogP) is 2.47. The van der Waals surface area contributed by atoms with Crippen LogP contribution < -0.4 is 5.32 Å². The third-order valence-electron chi connectivity index (χ3n) is 2.21. The normalized spacial score (nSPS) is 10.3.